The fourth-order valence-electron chi connectivity index (χ4n) is 4.09. The lowest BCUT2D eigenvalue weighted by Crippen LogP contribution is -2.34. The molecule has 0 radical (unpaired) electrons. The molecule has 2 aliphatic rings. The van der Waals surface area contributed by atoms with E-state index in [9.17, 15) is 4.79 Å². The topological polar surface area (TPSA) is 29.1 Å². The van der Waals surface area contributed by atoms with Gasteiger partial charge in [-0.3, -0.25) is 4.79 Å². The molecule has 2 aliphatic carbocycles. The molecule has 0 bridgehead atoms. The molecule has 25 heavy (non-hydrogen) atoms. The Labute approximate surface area is 150 Å². The van der Waals surface area contributed by atoms with Crippen LogP contribution in [0.3, 0.4) is 0 Å². The summed E-state index contributed by atoms with van der Waals surface area (Å²) in [6.07, 6.45) is 8.41. The summed E-state index contributed by atoms with van der Waals surface area (Å²) >= 11 is 0. The molecule has 4 rings (SSSR count). The molecule has 2 aromatic carbocycles. The van der Waals surface area contributed by atoms with Crippen molar-refractivity contribution >= 4 is 11.9 Å². The molecule has 0 heterocycles. The van der Waals surface area contributed by atoms with Crippen LogP contribution in [0.4, 0.5) is 0 Å². The zero-order valence-corrected chi connectivity index (χ0v) is 14.8. The first-order valence-electron chi connectivity index (χ1n) is 9.40. The van der Waals surface area contributed by atoms with Crippen LogP contribution in [0.15, 0.2) is 54.1 Å². The number of hydrogen-bond donors (Lipinski definition) is 1. The summed E-state index contributed by atoms with van der Waals surface area (Å²) in [6.45, 7) is 2.08. The van der Waals surface area contributed by atoms with Crippen LogP contribution in [0.2, 0.25) is 0 Å². The molecule has 1 unspecified atom stereocenters. The Morgan fingerprint density at radius 1 is 0.960 bits per heavy atom. The van der Waals surface area contributed by atoms with Gasteiger partial charge in [-0.1, -0.05) is 73.4 Å². The highest BCUT2D eigenvalue weighted by Gasteiger charge is 2.35. The van der Waals surface area contributed by atoms with E-state index in [1.165, 1.54) is 37.7 Å². The lowest BCUT2D eigenvalue weighted by Gasteiger charge is -2.27. The van der Waals surface area contributed by atoms with Gasteiger partial charge in [0.15, 0.2) is 5.78 Å². The molecule has 0 saturated heterocycles. The number of rotatable bonds is 3. The number of carbonyl (C=O) groups is 1. The Morgan fingerprint density at radius 2 is 1.68 bits per heavy atom. The van der Waals surface area contributed by atoms with Crippen molar-refractivity contribution in [2.75, 3.05) is 0 Å². The first-order valence-corrected chi connectivity index (χ1v) is 9.40. The van der Waals surface area contributed by atoms with Crippen molar-refractivity contribution in [2.45, 2.75) is 51.1 Å². The largest absolute Gasteiger partial charge is 0.303 e. The number of nitrogens with one attached hydrogen (secondary N) is 1. The first-order chi connectivity index (χ1) is 12.2. The maximum absolute atomic E-state index is 13.0. The third-order valence-electron chi connectivity index (χ3n) is 5.50. The van der Waals surface area contributed by atoms with Gasteiger partial charge < -0.3 is 5.32 Å². The summed E-state index contributed by atoms with van der Waals surface area (Å²) in [5.74, 6) is 0.171. The predicted octanol–water partition coefficient (Wildman–Crippen LogP) is 5.24. The quantitative estimate of drug-likeness (QED) is 0.779. The van der Waals surface area contributed by atoms with Gasteiger partial charge in [0.2, 0.25) is 0 Å². The van der Waals surface area contributed by atoms with Crippen molar-refractivity contribution < 1.29 is 4.79 Å². The van der Waals surface area contributed by atoms with Crippen molar-refractivity contribution in [3.63, 3.8) is 0 Å². The fourth-order valence-corrected chi connectivity index (χ4v) is 4.09. The number of carbonyl (C=O) groups excluding carboxylic acids is 1. The molecule has 0 aliphatic heterocycles. The van der Waals surface area contributed by atoms with Gasteiger partial charge in [0.1, 0.15) is 0 Å². The van der Waals surface area contributed by atoms with Crippen molar-refractivity contribution in [3.8, 4) is 0 Å². The normalized spacial score (nSPS) is 22.4. The second-order valence-corrected chi connectivity index (χ2v) is 7.36. The van der Waals surface area contributed by atoms with Gasteiger partial charge in [0, 0.05) is 17.2 Å². The molecule has 1 atom stereocenters. The smallest absolute Gasteiger partial charge is 0.191 e. The van der Waals surface area contributed by atoms with E-state index >= 15 is 0 Å². The van der Waals surface area contributed by atoms with Gasteiger partial charge in [0.25, 0.3) is 0 Å². The summed E-state index contributed by atoms with van der Waals surface area (Å²) in [4.78, 5) is 13.0. The zero-order valence-electron chi connectivity index (χ0n) is 14.8. The minimum Gasteiger partial charge on any atom is -0.303 e. The Balaban J connectivity index is 1.70. The van der Waals surface area contributed by atoms with Crippen LogP contribution in [-0.2, 0) is 0 Å². The number of hydrogen-bond acceptors (Lipinski definition) is 2. The van der Waals surface area contributed by atoms with E-state index in [4.69, 9.17) is 0 Å². The highest BCUT2D eigenvalue weighted by molar-refractivity contribution is 6.16. The van der Waals surface area contributed by atoms with Crippen LogP contribution >= 0.6 is 0 Å². The molecule has 2 aromatic rings. The molecule has 128 valence electrons. The van der Waals surface area contributed by atoms with E-state index < -0.39 is 0 Å². The van der Waals surface area contributed by atoms with Crippen LogP contribution in [0.25, 0.3) is 6.08 Å². The highest BCUT2D eigenvalue weighted by atomic mass is 16.1. The maximum Gasteiger partial charge on any atom is 0.191 e. The van der Waals surface area contributed by atoms with Gasteiger partial charge in [-0.2, -0.15) is 0 Å². The van der Waals surface area contributed by atoms with E-state index in [1.54, 1.807) is 0 Å². The van der Waals surface area contributed by atoms with Crippen molar-refractivity contribution in [2.24, 2.45) is 0 Å². The van der Waals surface area contributed by atoms with Crippen LogP contribution in [0, 0.1) is 6.92 Å². The van der Waals surface area contributed by atoms with Crippen molar-refractivity contribution in [1.29, 1.82) is 0 Å². The average Bonchev–Trinajstić information content (AvgIpc) is 2.91. The minimum absolute atomic E-state index is 0.0214. The summed E-state index contributed by atoms with van der Waals surface area (Å²) in [6, 6.07) is 17.0. The first kappa shape index (κ1) is 16.3. The lowest BCUT2D eigenvalue weighted by atomic mass is 9.93. The molecule has 2 nitrogen and oxygen atoms in total. The third-order valence-corrected chi connectivity index (χ3v) is 5.50. The van der Waals surface area contributed by atoms with Crippen molar-refractivity contribution in [1.82, 2.24) is 5.32 Å². The molecular formula is C23H25NO. The monoisotopic (exact) mass is 331 g/mol. The number of fused-ring (bicyclic) bond motifs is 1. The molecule has 0 aromatic heterocycles. The van der Waals surface area contributed by atoms with Crippen molar-refractivity contribution in [3.05, 3.63) is 76.4 Å². The van der Waals surface area contributed by atoms with E-state index in [0.717, 1.165) is 22.3 Å². The molecule has 0 spiro atoms. The van der Waals surface area contributed by atoms with Gasteiger partial charge in [0.05, 0.1) is 6.04 Å². The summed E-state index contributed by atoms with van der Waals surface area (Å²) in [5.41, 5.74) is 5.21. The molecule has 1 fully saturated rings. The zero-order chi connectivity index (χ0) is 17.2. The van der Waals surface area contributed by atoms with E-state index in [-0.39, 0.29) is 11.8 Å². The SMILES string of the molecule is Cc1ccc(C=C2C(=O)c3ccccc3C2NC2CCCCC2)cc1. The minimum atomic E-state index is 0.0214. The van der Waals surface area contributed by atoms with Crippen LogP contribution in [-0.4, -0.2) is 11.8 Å². The number of benzene rings is 2. The second-order valence-electron chi connectivity index (χ2n) is 7.36. The van der Waals surface area contributed by atoms with Gasteiger partial charge in [-0.25, -0.2) is 0 Å². The fraction of sp³-hybridized carbons (Fsp3) is 0.348. The summed E-state index contributed by atoms with van der Waals surface area (Å²) in [5, 5.41) is 3.80. The van der Waals surface area contributed by atoms with Crippen LogP contribution in [0.5, 0.6) is 0 Å². The highest BCUT2D eigenvalue weighted by Crippen LogP contribution is 2.38. The third kappa shape index (κ3) is 3.32. The second kappa shape index (κ2) is 6.97. The molecule has 1 N–H and O–H groups in total. The molecule has 2 heteroatoms. The Bertz CT molecular complexity index is 797. The predicted molar refractivity (Wildman–Crippen MR) is 103 cm³/mol. The Morgan fingerprint density at radius 3 is 2.44 bits per heavy atom. The van der Waals surface area contributed by atoms with E-state index in [2.05, 4.69) is 48.6 Å². The maximum atomic E-state index is 13.0. The average molecular weight is 331 g/mol. The number of ketones is 1. The number of aryl methyl sites for hydroxylation is 1. The molecular weight excluding hydrogens is 306 g/mol. The lowest BCUT2D eigenvalue weighted by molar-refractivity contribution is 0.103. The van der Waals surface area contributed by atoms with Crippen LogP contribution < -0.4 is 5.32 Å². The molecule has 1 saturated carbocycles. The number of Topliss-reactive ketones (excluding diaryl/α,β-unsaturated/α-hetero) is 1. The summed E-state index contributed by atoms with van der Waals surface area (Å²) < 4.78 is 0. The Kier molecular flexibility index (Phi) is 4.54. The standard InChI is InChI=1S/C23H25NO/c1-16-11-13-17(14-12-16)15-21-22(24-18-7-3-2-4-8-18)19-9-5-6-10-20(19)23(21)25/h5-6,9-15,18,22,24H,2-4,7-8H2,1H3. The summed E-state index contributed by atoms with van der Waals surface area (Å²) in [7, 11) is 0. The van der Waals surface area contributed by atoms with Crippen LogP contribution in [0.1, 0.15) is 65.2 Å². The molecule has 0 amide bonds. The van der Waals surface area contributed by atoms with Gasteiger partial charge >= 0.3 is 0 Å². The van der Waals surface area contributed by atoms with Gasteiger partial charge in [-0.05, 0) is 37.0 Å². The Hall–Kier alpha value is -2.19. The van der Waals surface area contributed by atoms with Gasteiger partial charge in [-0.15, -0.1) is 0 Å². The van der Waals surface area contributed by atoms with E-state index in [1.807, 2.05) is 18.2 Å². The van der Waals surface area contributed by atoms with E-state index in [0.29, 0.717) is 6.04 Å².